The molecule has 0 saturated carbocycles. The van der Waals surface area contributed by atoms with Gasteiger partial charge in [0.1, 0.15) is 5.82 Å². The molecule has 0 spiro atoms. The summed E-state index contributed by atoms with van der Waals surface area (Å²) in [5, 5.41) is 4.10. The van der Waals surface area contributed by atoms with Crippen LogP contribution in [-0.2, 0) is 28.8 Å². The number of nitrogens with one attached hydrogen (secondary N) is 1. The predicted octanol–water partition coefficient (Wildman–Crippen LogP) is 5.34. The number of carbonyl (C=O) groups is 1. The van der Waals surface area contributed by atoms with Crippen LogP contribution in [-0.4, -0.2) is 44.9 Å². The van der Waals surface area contributed by atoms with E-state index in [1.165, 1.54) is 6.07 Å². The number of anilines is 1. The average molecular weight is 532 g/mol. The van der Waals surface area contributed by atoms with E-state index in [1.807, 2.05) is 18.2 Å². The molecule has 1 unspecified atom stereocenters. The highest BCUT2D eigenvalue weighted by molar-refractivity contribution is 5.85. The van der Waals surface area contributed by atoms with Crippen LogP contribution >= 0.6 is 0 Å². The molecular formula is C28H32F3N3O4. The first-order chi connectivity index (χ1) is 18.2. The highest BCUT2D eigenvalue weighted by atomic mass is 19.4. The van der Waals surface area contributed by atoms with E-state index in [9.17, 15) is 18.0 Å². The Bertz CT molecular complexity index is 1280. The van der Waals surface area contributed by atoms with E-state index in [0.717, 1.165) is 48.3 Å². The molecule has 1 aliphatic rings. The summed E-state index contributed by atoms with van der Waals surface area (Å²) in [6, 6.07) is 10.9. The number of rotatable bonds is 9. The number of hydrogen-bond donors (Lipinski definition) is 1. The zero-order valence-corrected chi connectivity index (χ0v) is 21.7. The van der Waals surface area contributed by atoms with Crippen LogP contribution in [0.15, 0.2) is 42.5 Å². The molecule has 10 heteroatoms. The summed E-state index contributed by atoms with van der Waals surface area (Å²) < 4.78 is 55.5. The first kappa shape index (κ1) is 27.5. The Labute approximate surface area is 219 Å². The number of benzene rings is 2. The summed E-state index contributed by atoms with van der Waals surface area (Å²) in [5.41, 5.74) is 1.42. The minimum absolute atomic E-state index is 0.214. The maximum absolute atomic E-state index is 13.1. The lowest BCUT2D eigenvalue weighted by Gasteiger charge is -2.34. The molecule has 38 heavy (non-hydrogen) atoms. The monoisotopic (exact) mass is 531 g/mol. The van der Waals surface area contributed by atoms with Crippen molar-refractivity contribution >= 4 is 22.7 Å². The number of halogens is 3. The fraction of sp³-hybridized carbons (Fsp3) is 0.429. The first-order valence-electron chi connectivity index (χ1n) is 12.6. The maximum Gasteiger partial charge on any atom is 0.416 e. The van der Waals surface area contributed by atoms with Crippen molar-refractivity contribution in [3.8, 4) is 11.5 Å². The lowest BCUT2D eigenvalue weighted by Crippen LogP contribution is -2.40. The minimum Gasteiger partial charge on any atom is -0.493 e. The molecule has 1 saturated heterocycles. The number of methoxy groups -OCH3 is 2. The van der Waals surface area contributed by atoms with E-state index in [0.29, 0.717) is 42.3 Å². The Morgan fingerprint density at radius 1 is 1.11 bits per heavy atom. The lowest BCUT2D eigenvalue weighted by molar-refractivity contribution is -0.148. The zero-order chi connectivity index (χ0) is 27.3. The van der Waals surface area contributed by atoms with Crippen LogP contribution in [0.4, 0.5) is 19.0 Å². The van der Waals surface area contributed by atoms with Gasteiger partial charge in [0.05, 0.1) is 37.8 Å². The SMILES string of the molecule is CCOC(=O)C1CCCN(c2nc3cc(OC)c(OC)cc3cc2CNCc2cccc(C(F)(F)F)c2)C1. The van der Waals surface area contributed by atoms with E-state index in [2.05, 4.69) is 10.2 Å². The van der Waals surface area contributed by atoms with Gasteiger partial charge in [0.25, 0.3) is 0 Å². The van der Waals surface area contributed by atoms with E-state index in [-0.39, 0.29) is 18.4 Å². The standard InChI is InChI=1S/C28H32F3N3O4/c1-4-38-27(35)19-8-6-10-34(17-19)26-21(12-20-13-24(36-2)25(37-3)14-23(20)33-26)16-32-15-18-7-5-9-22(11-18)28(29,30)31/h5,7,9,11-14,19,32H,4,6,8,10,15-17H2,1-3H3. The fourth-order valence-electron chi connectivity index (χ4n) is 4.76. The number of alkyl halides is 3. The molecular weight excluding hydrogens is 499 g/mol. The third kappa shape index (κ3) is 6.30. The number of piperidine rings is 1. The summed E-state index contributed by atoms with van der Waals surface area (Å²) >= 11 is 0. The molecule has 1 atom stereocenters. The number of esters is 1. The molecule has 0 bridgehead atoms. The Morgan fingerprint density at radius 2 is 1.87 bits per heavy atom. The van der Waals surface area contributed by atoms with Gasteiger partial charge in [0.15, 0.2) is 11.5 Å². The molecule has 0 radical (unpaired) electrons. The maximum atomic E-state index is 13.1. The smallest absolute Gasteiger partial charge is 0.416 e. The average Bonchev–Trinajstić information content (AvgIpc) is 2.91. The molecule has 0 aliphatic carbocycles. The second-order valence-electron chi connectivity index (χ2n) is 9.21. The quantitative estimate of drug-likeness (QED) is 0.374. The minimum atomic E-state index is -4.39. The molecule has 1 aromatic heterocycles. The van der Waals surface area contributed by atoms with Crippen molar-refractivity contribution in [2.75, 3.05) is 38.8 Å². The van der Waals surface area contributed by atoms with Gasteiger partial charge in [-0.3, -0.25) is 4.79 Å². The first-order valence-corrected chi connectivity index (χ1v) is 12.6. The van der Waals surface area contributed by atoms with Gasteiger partial charge in [-0.2, -0.15) is 13.2 Å². The number of ether oxygens (including phenoxy) is 3. The third-order valence-electron chi connectivity index (χ3n) is 6.62. The van der Waals surface area contributed by atoms with Crippen molar-refractivity contribution in [3.05, 3.63) is 59.2 Å². The van der Waals surface area contributed by atoms with Gasteiger partial charge in [0, 0.05) is 43.2 Å². The Balaban J connectivity index is 1.64. The van der Waals surface area contributed by atoms with Crippen LogP contribution in [0.5, 0.6) is 11.5 Å². The summed E-state index contributed by atoms with van der Waals surface area (Å²) in [4.78, 5) is 19.5. The molecule has 2 aromatic carbocycles. The van der Waals surface area contributed by atoms with Crippen molar-refractivity contribution in [3.63, 3.8) is 0 Å². The van der Waals surface area contributed by atoms with Crippen LogP contribution in [0.3, 0.4) is 0 Å². The van der Waals surface area contributed by atoms with Crippen LogP contribution in [0, 0.1) is 5.92 Å². The number of pyridine rings is 1. The van der Waals surface area contributed by atoms with E-state index in [1.54, 1.807) is 27.2 Å². The summed E-state index contributed by atoms with van der Waals surface area (Å²) in [6.07, 6.45) is -2.83. The predicted molar refractivity (Wildman–Crippen MR) is 138 cm³/mol. The fourth-order valence-corrected chi connectivity index (χ4v) is 4.76. The molecule has 204 valence electrons. The number of fused-ring (bicyclic) bond motifs is 1. The van der Waals surface area contributed by atoms with Crippen LogP contribution in [0.25, 0.3) is 10.9 Å². The molecule has 2 heterocycles. The zero-order valence-electron chi connectivity index (χ0n) is 21.7. The number of aromatic nitrogens is 1. The molecule has 0 amide bonds. The van der Waals surface area contributed by atoms with Crippen LogP contribution < -0.4 is 19.7 Å². The van der Waals surface area contributed by atoms with E-state index < -0.39 is 11.7 Å². The Kier molecular flexibility index (Phi) is 8.61. The largest absolute Gasteiger partial charge is 0.493 e. The highest BCUT2D eigenvalue weighted by Crippen LogP contribution is 2.35. The van der Waals surface area contributed by atoms with Crippen molar-refractivity contribution < 1.29 is 32.2 Å². The molecule has 1 aliphatic heterocycles. The summed E-state index contributed by atoms with van der Waals surface area (Å²) in [5.74, 6) is 1.37. The summed E-state index contributed by atoms with van der Waals surface area (Å²) in [6.45, 7) is 3.94. The van der Waals surface area contributed by atoms with Crippen LogP contribution in [0.2, 0.25) is 0 Å². The van der Waals surface area contributed by atoms with Gasteiger partial charge in [-0.25, -0.2) is 4.98 Å². The Morgan fingerprint density at radius 3 is 2.58 bits per heavy atom. The molecule has 1 fully saturated rings. The number of nitrogens with zero attached hydrogens (tertiary/aromatic N) is 2. The summed E-state index contributed by atoms with van der Waals surface area (Å²) in [7, 11) is 3.12. The Hall–Kier alpha value is -3.53. The van der Waals surface area contributed by atoms with Crippen molar-refractivity contribution in [1.29, 1.82) is 0 Å². The van der Waals surface area contributed by atoms with Crippen molar-refractivity contribution in [2.45, 2.75) is 39.0 Å². The van der Waals surface area contributed by atoms with Gasteiger partial charge in [-0.1, -0.05) is 18.2 Å². The molecule has 3 aromatic rings. The van der Waals surface area contributed by atoms with Gasteiger partial charge in [-0.05, 0) is 43.5 Å². The van der Waals surface area contributed by atoms with Gasteiger partial charge in [0.2, 0.25) is 0 Å². The topological polar surface area (TPSA) is 72.9 Å². The second-order valence-corrected chi connectivity index (χ2v) is 9.21. The van der Waals surface area contributed by atoms with Gasteiger partial charge in [-0.15, -0.1) is 0 Å². The van der Waals surface area contributed by atoms with Gasteiger partial charge >= 0.3 is 12.1 Å². The molecule has 1 N–H and O–H groups in total. The van der Waals surface area contributed by atoms with Crippen LogP contribution in [0.1, 0.15) is 36.5 Å². The van der Waals surface area contributed by atoms with Crippen molar-refractivity contribution in [1.82, 2.24) is 10.3 Å². The molecule has 7 nitrogen and oxygen atoms in total. The normalized spacial score (nSPS) is 15.9. The van der Waals surface area contributed by atoms with E-state index in [4.69, 9.17) is 19.2 Å². The van der Waals surface area contributed by atoms with Crippen molar-refractivity contribution in [2.24, 2.45) is 5.92 Å². The van der Waals surface area contributed by atoms with E-state index >= 15 is 0 Å². The van der Waals surface area contributed by atoms with Gasteiger partial charge < -0.3 is 24.4 Å². The highest BCUT2D eigenvalue weighted by Gasteiger charge is 2.31. The third-order valence-corrected chi connectivity index (χ3v) is 6.62. The second kappa shape index (κ2) is 11.9. The molecule has 4 rings (SSSR count). The number of carbonyl (C=O) groups excluding carboxylic acids is 1. The lowest BCUT2D eigenvalue weighted by atomic mass is 9.97. The number of hydrogen-bond acceptors (Lipinski definition) is 7.